The van der Waals surface area contributed by atoms with Crippen LogP contribution in [-0.4, -0.2) is 0 Å². The summed E-state index contributed by atoms with van der Waals surface area (Å²) in [5, 5.41) is 2.24. The maximum atomic E-state index is 6.33. The van der Waals surface area contributed by atoms with Gasteiger partial charge < -0.3 is 9.32 Å². The smallest absolute Gasteiger partial charge is 0.137 e. The fourth-order valence-electron chi connectivity index (χ4n) is 6.80. The van der Waals surface area contributed by atoms with Crippen LogP contribution in [0, 0.1) is 0 Å². The number of anilines is 3. The molecule has 6 aromatic carbocycles. The molecular weight excluding hydrogens is 498 g/mol. The fraction of sp³-hybridized carbons (Fsp3) is 0.0769. The zero-order chi connectivity index (χ0) is 27.6. The van der Waals surface area contributed by atoms with E-state index >= 15 is 0 Å². The summed E-state index contributed by atoms with van der Waals surface area (Å²) in [7, 11) is 0. The molecule has 0 spiro atoms. The zero-order valence-electron chi connectivity index (χ0n) is 23.1. The van der Waals surface area contributed by atoms with Crippen LogP contribution >= 0.6 is 0 Å². The Bertz CT molecular complexity index is 2080. The lowest BCUT2D eigenvalue weighted by Crippen LogP contribution is -2.15. The Labute approximate surface area is 240 Å². The molecule has 1 heterocycles. The number of benzene rings is 6. The van der Waals surface area contributed by atoms with Crippen molar-refractivity contribution < 1.29 is 4.42 Å². The van der Waals surface area contributed by atoms with Crippen LogP contribution in [0.25, 0.3) is 44.2 Å². The van der Waals surface area contributed by atoms with Gasteiger partial charge in [-0.1, -0.05) is 117 Å². The minimum Gasteiger partial charge on any atom is -0.456 e. The maximum Gasteiger partial charge on any atom is 0.137 e. The van der Waals surface area contributed by atoms with E-state index in [-0.39, 0.29) is 5.41 Å². The number of hydrogen-bond donors (Lipinski definition) is 0. The fourth-order valence-corrected chi connectivity index (χ4v) is 6.80. The summed E-state index contributed by atoms with van der Waals surface area (Å²) >= 11 is 0. The molecule has 1 aliphatic carbocycles. The van der Waals surface area contributed by atoms with Crippen molar-refractivity contribution in [2.45, 2.75) is 19.3 Å². The van der Waals surface area contributed by atoms with Gasteiger partial charge in [-0.3, -0.25) is 0 Å². The standard InChI is InChI=1S/C39H29NO/c1-39(2)31-20-9-6-17-29(31)37-28(19-12-21-32(37)39)27-16-7-10-22-33(27)40(26-14-4-3-5-15-26)34-23-13-25-36-38(34)30-18-8-11-24-35(30)41-36/h3-25H,1-2H3. The highest BCUT2D eigenvalue weighted by molar-refractivity contribution is 6.14. The first kappa shape index (κ1) is 23.8. The van der Waals surface area contributed by atoms with E-state index in [1.165, 1.54) is 33.4 Å². The average molecular weight is 528 g/mol. The molecule has 0 fully saturated rings. The molecule has 0 amide bonds. The molecular formula is C39H29NO. The predicted molar refractivity (Wildman–Crippen MR) is 171 cm³/mol. The van der Waals surface area contributed by atoms with Gasteiger partial charge in [0.05, 0.1) is 16.8 Å². The molecule has 1 aliphatic rings. The summed E-state index contributed by atoms with van der Waals surface area (Å²) in [6, 6.07) is 49.8. The maximum absolute atomic E-state index is 6.33. The molecule has 0 saturated heterocycles. The second-order valence-electron chi connectivity index (χ2n) is 11.3. The van der Waals surface area contributed by atoms with E-state index in [0.717, 1.165) is 39.0 Å². The van der Waals surface area contributed by atoms with Gasteiger partial charge in [0, 0.05) is 22.1 Å². The zero-order valence-corrected chi connectivity index (χ0v) is 23.1. The first-order valence-electron chi connectivity index (χ1n) is 14.2. The van der Waals surface area contributed by atoms with Crippen LogP contribution < -0.4 is 4.90 Å². The lowest BCUT2D eigenvalue weighted by atomic mass is 9.82. The largest absolute Gasteiger partial charge is 0.456 e. The number of fused-ring (bicyclic) bond motifs is 6. The molecule has 7 aromatic rings. The lowest BCUT2D eigenvalue weighted by Gasteiger charge is -2.29. The Morgan fingerprint density at radius 1 is 0.488 bits per heavy atom. The van der Waals surface area contributed by atoms with Gasteiger partial charge in [-0.25, -0.2) is 0 Å². The van der Waals surface area contributed by atoms with Crippen LogP contribution in [0.2, 0.25) is 0 Å². The van der Waals surface area contributed by atoms with Crippen LogP contribution in [0.3, 0.4) is 0 Å². The van der Waals surface area contributed by atoms with Gasteiger partial charge in [0.2, 0.25) is 0 Å². The monoisotopic (exact) mass is 527 g/mol. The van der Waals surface area contributed by atoms with E-state index in [9.17, 15) is 0 Å². The van der Waals surface area contributed by atoms with Crippen LogP contribution in [0.4, 0.5) is 17.1 Å². The number of hydrogen-bond acceptors (Lipinski definition) is 2. The van der Waals surface area contributed by atoms with Crippen LogP contribution in [0.5, 0.6) is 0 Å². The first-order chi connectivity index (χ1) is 20.1. The molecule has 196 valence electrons. The Morgan fingerprint density at radius 3 is 1.98 bits per heavy atom. The highest BCUT2D eigenvalue weighted by Gasteiger charge is 2.37. The van der Waals surface area contributed by atoms with Crippen LogP contribution in [-0.2, 0) is 5.41 Å². The summed E-state index contributed by atoms with van der Waals surface area (Å²) < 4.78 is 6.33. The average Bonchev–Trinajstić information content (AvgIpc) is 3.51. The van der Waals surface area contributed by atoms with Crippen molar-refractivity contribution in [2.75, 3.05) is 4.90 Å². The van der Waals surface area contributed by atoms with Crippen molar-refractivity contribution in [3.8, 4) is 22.3 Å². The summed E-state index contributed by atoms with van der Waals surface area (Å²) in [5.74, 6) is 0. The van der Waals surface area contributed by atoms with Gasteiger partial charge in [0.15, 0.2) is 0 Å². The van der Waals surface area contributed by atoms with Crippen molar-refractivity contribution in [1.29, 1.82) is 0 Å². The highest BCUT2D eigenvalue weighted by atomic mass is 16.3. The molecule has 0 atom stereocenters. The van der Waals surface area contributed by atoms with Crippen molar-refractivity contribution >= 4 is 39.0 Å². The van der Waals surface area contributed by atoms with Crippen molar-refractivity contribution in [1.82, 2.24) is 0 Å². The molecule has 0 aliphatic heterocycles. The molecule has 0 N–H and O–H groups in total. The molecule has 2 heteroatoms. The Balaban J connectivity index is 1.44. The van der Waals surface area contributed by atoms with Crippen molar-refractivity contribution in [3.63, 3.8) is 0 Å². The second-order valence-corrected chi connectivity index (χ2v) is 11.3. The number of rotatable bonds is 4. The minimum atomic E-state index is -0.0582. The molecule has 0 radical (unpaired) electrons. The summed E-state index contributed by atoms with van der Waals surface area (Å²) in [5.41, 5.74) is 12.9. The van der Waals surface area contributed by atoms with E-state index in [2.05, 4.69) is 146 Å². The predicted octanol–water partition coefficient (Wildman–Crippen LogP) is 11.0. The summed E-state index contributed by atoms with van der Waals surface area (Å²) in [4.78, 5) is 2.39. The van der Waals surface area contributed by atoms with Gasteiger partial charge >= 0.3 is 0 Å². The molecule has 8 rings (SSSR count). The van der Waals surface area contributed by atoms with E-state index in [0.29, 0.717) is 0 Å². The normalized spacial score (nSPS) is 13.3. The number of para-hydroxylation sites is 3. The van der Waals surface area contributed by atoms with Crippen molar-refractivity contribution in [3.05, 3.63) is 151 Å². The third-order valence-electron chi connectivity index (χ3n) is 8.68. The summed E-state index contributed by atoms with van der Waals surface area (Å²) in [6.45, 7) is 4.68. The molecule has 2 nitrogen and oxygen atoms in total. The Kier molecular flexibility index (Phi) is 5.20. The second kappa shape index (κ2) is 8.97. The molecule has 1 aromatic heterocycles. The SMILES string of the molecule is CC1(C)c2ccccc2-c2c(-c3ccccc3N(c3ccccc3)c3cccc4oc5ccccc5c34)cccc21. The Hall–Kier alpha value is -5.08. The van der Waals surface area contributed by atoms with Gasteiger partial charge in [0.1, 0.15) is 11.2 Å². The highest BCUT2D eigenvalue weighted by Crippen LogP contribution is 2.54. The minimum absolute atomic E-state index is 0.0582. The van der Waals surface area contributed by atoms with E-state index in [1.807, 2.05) is 12.1 Å². The topological polar surface area (TPSA) is 16.4 Å². The van der Waals surface area contributed by atoms with Crippen LogP contribution in [0.15, 0.2) is 144 Å². The first-order valence-corrected chi connectivity index (χ1v) is 14.2. The molecule has 41 heavy (non-hydrogen) atoms. The molecule has 0 saturated carbocycles. The molecule has 0 bridgehead atoms. The summed E-state index contributed by atoms with van der Waals surface area (Å²) in [6.07, 6.45) is 0. The quantitative estimate of drug-likeness (QED) is 0.226. The van der Waals surface area contributed by atoms with Gasteiger partial charge in [-0.05, 0) is 64.2 Å². The van der Waals surface area contributed by atoms with Gasteiger partial charge in [-0.15, -0.1) is 0 Å². The third kappa shape index (κ3) is 3.50. The van der Waals surface area contributed by atoms with Crippen LogP contribution in [0.1, 0.15) is 25.0 Å². The number of furan rings is 1. The van der Waals surface area contributed by atoms with Crippen molar-refractivity contribution in [2.24, 2.45) is 0 Å². The lowest BCUT2D eigenvalue weighted by molar-refractivity contribution is 0.660. The van der Waals surface area contributed by atoms with E-state index < -0.39 is 0 Å². The third-order valence-corrected chi connectivity index (χ3v) is 8.68. The van der Waals surface area contributed by atoms with E-state index in [1.54, 1.807) is 0 Å². The van der Waals surface area contributed by atoms with Gasteiger partial charge in [-0.2, -0.15) is 0 Å². The van der Waals surface area contributed by atoms with E-state index in [4.69, 9.17) is 4.42 Å². The number of nitrogens with zero attached hydrogens (tertiary/aromatic N) is 1. The molecule has 0 unspecified atom stereocenters. The van der Waals surface area contributed by atoms with Gasteiger partial charge in [0.25, 0.3) is 0 Å². The Morgan fingerprint density at radius 2 is 1.10 bits per heavy atom.